The van der Waals surface area contributed by atoms with E-state index in [9.17, 15) is 9.50 Å². The lowest BCUT2D eigenvalue weighted by atomic mass is 9.65. The summed E-state index contributed by atoms with van der Waals surface area (Å²) in [6.07, 6.45) is 7.20. The van der Waals surface area contributed by atoms with E-state index in [-0.39, 0.29) is 11.7 Å². The highest BCUT2D eigenvalue weighted by Crippen LogP contribution is 2.45. The summed E-state index contributed by atoms with van der Waals surface area (Å²) >= 11 is 0. The summed E-state index contributed by atoms with van der Waals surface area (Å²) in [5.41, 5.74) is 0.342. The van der Waals surface area contributed by atoms with Crippen LogP contribution in [-0.2, 0) is 5.41 Å². The fraction of sp³-hybridized carbons (Fsp3) is 0.458. The molecule has 0 aliphatic heterocycles. The molecule has 0 radical (unpaired) electrons. The molecule has 0 spiro atoms. The van der Waals surface area contributed by atoms with Crippen molar-refractivity contribution in [2.75, 3.05) is 19.0 Å². The molecule has 2 heterocycles. The van der Waals surface area contributed by atoms with Crippen LogP contribution in [0.4, 0.5) is 10.2 Å². The number of aliphatic hydroxyl groups is 1. The van der Waals surface area contributed by atoms with Gasteiger partial charge in [0.15, 0.2) is 0 Å². The standard InChI is InChI=1S/C24H30FN3O2/c1-23(2,19-12-18(25)7-8-21(19)30-3)14-24(29,17-5-4-6-17)15-27-22-11-16-9-10-26-13-20(16)28-22/h7-13,17,27-29H,4-6,14-15H2,1-3H3. The lowest BCUT2D eigenvalue weighted by Gasteiger charge is -2.46. The minimum absolute atomic E-state index is 0.217. The van der Waals surface area contributed by atoms with Crippen LogP contribution in [-0.4, -0.2) is 34.3 Å². The number of ether oxygens (including phenoxy) is 1. The first-order chi connectivity index (χ1) is 14.3. The Balaban J connectivity index is 1.57. The molecule has 1 aliphatic rings. The van der Waals surface area contributed by atoms with Crippen molar-refractivity contribution in [3.8, 4) is 5.75 Å². The van der Waals surface area contributed by atoms with E-state index < -0.39 is 11.0 Å². The maximum atomic E-state index is 14.0. The fourth-order valence-corrected chi connectivity index (χ4v) is 4.68. The first-order valence-electron chi connectivity index (χ1n) is 10.5. The van der Waals surface area contributed by atoms with Gasteiger partial charge in [0, 0.05) is 23.7 Å². The molecule has 0 bridgehead atoms. The van der Waals surface area contributed by atoms with Crippen molar-refractivity contribution in [2.24, 2.45) is 5.92 Å². The quantitative estimate of drug-likeness (QED) is 0.487. The summed E-state index contributed by atoms with van der Waals surface area (Å²) in [6, 6.07) is 8.57. The van der Waals surface area contributed by atoms with Gasteiger partial charge >= 0.3 is 0 Å². The summed E-state index contributed by atoms with van der Waals surface area (Å²) in [4.78, 5) is 7.45. The van der Waals surface area contributed by atoms with E-state index in [1.165, 1.54) is 12.1 Å². The normalized spacial score (nSPS) is 16.8. The van der Waals surface area contributed by atoms with Gasteiger partial charge in [0.1, 0.15) is 17.4 Å². The predicted molar refractivity (Wildman–Crippen MR) is 117 cm³/mol. The average Bonchev–Trinajstić information content (AvgIpc) is 3.07. The molecule has 1 saturated carbocycles. The van der Waals surface area contributed by atoms with Gasteiger partial charge in [-0.2, -0.15) is 0 Å². The number of fused-ring (bicyclic) bond motifs is 1. The molecule has 3 aromatic rings. The lowest BCUT2D eigenvalue weighted by Crippen LogP contribution is -2.50. The number of nitrogens with one attached hydrogen (secondary N) is 2. The molecule has 1 aromatic carbocycles. The molecule has 0 amide bonds. The molecule has 1 atom stereocenters. The van der Waals surface area contributed by atoms with Gasteiger partial charge in [0.2, 0.25) is 0 Å². The van der Waals surface area contributed by atoms with E-state index in [2.05, 4.69) is 15.3 Å². The maximum Gasteiger partial charge on any atom is 0.123 e. The molecular weight excluding hydrogens is 381 g/mol. The molecule has 1 aliphatic carbocycles. The summed E-state index contributed by atoms with van der Waals surface area (Å²) in [5.74, 6) is 1.43. The molecule has 3 N–H and O–H groups in total. The number of aromatic amines is 1. The van der Waals surface area contributed by atoms with Crippen LogP contribution in [0.1, 0.15) is 45.1 Å². The number of rotatable bonds is 8. The number of H-pyrrole nitrogens is 1. The molecule has 1 fully saturated rings. The fourth-order valence-electron chi connectivity index (χ4n) is 4.68. The molecule has 6 heteroatoms. The zero-order valence-electron chi connectivity index (χ0n) is 17.8. The zero-order valence-corrected chi connectivity index (χ0v) is 17.8. The van der Waals surface area contributed by atoms with Gasteiger partial charge in [-0.3, -0.25) is 4.98 Å². The summed E-state index contributed by atoms with van der Waals surface area (Å²) in [6.45, 7) is 4.50. The third-order valence-electron chi connectivity index (χ3n) is 6.51. The highest BCUT2D eigenvalue weighted by Gasteiger charge is 2.44. The van der Waals surface area contributed by atoms with E-state index in [1.54, 1.807) is 25.6 Å². The summed E-state index contributed by atoms with van der Waals surface area (Å²) < 4.78 is 19.5. The number of benzene rings is 1. The Morgan fingerprint density at radius 2 is 2.07 bits per heavy atom. The zero-order chi connectivity index (χ0) is 21.4. The van der Waals surface area contributed by atoms with Gasteiger partial charge in [-0.1, -0.05) is 20.3 Å². The Kier molecular flexibility index (Phi) is 5.45. The van der Waals surface area contributed by atoms with Crippen LogP contribution >= 0.6 is 0 Å². The number of methoxy groups -OCH3 is 1. The second kappa shape index (κ2) is 7.91. The van der Waals surface area contributed by atoms with Crippen molar-refractivity contribution >= 4 is 16.7 Å². The summed E-state index contributed by atoms with van der Waals surface area (Å²) in [5, 5.41) is 16.2. The Bertz CT molecular complexity index is 995. The van der Waals surface area contributed by atoms with Crippen LogP contribution in [0.5, 0.6) is 5.75 Å². The third kappa shape index (κ3) is 4.01. The number of aromatic nitrogens is 2. The highest BCUT2D eigenvalue weighted by molar-refractivity contribution is 5.82. The van der Waals surface area contributed by atoms with Crippen molar-refractivity contribution in [2.45, 2.75) is 50.5 Å². The van der Waals surface area contributed by atoms with Gasteiger partial charge in [0.25, 0.3) is 0 Å². The molecule has 4 rings (SSSR count). The van der Waals surface area contributed by atoms with Crippen molar-refractivity contribution in [1.82, 2.24) is 9.97 Å². The van der Waals surface area contributed by atoms with E-state index in [0.29, 0.717) is 18.7 Å². The van der Waals surface area contributed by atoms with E-state index >= 15 is 0 Å². The van der Waals surface area contributed by atoms with Crippen LogP contribution in [0.25, 0.3) is 10.9 Å². The Morgan fingerprint density at radius 1 is 1.27 bits per heavy atom. The van der Waals surface area contributed by atoms with Crippen LogP contribution in [0.2, 0.25) is 0 Å². The van der Waals surface area contributed by atoms with Crippen LogP contribution in [0, 0.1) is 11.7 Å². The first kappa shape index (κ1) is 20.7. The van der Waals surface area contributed by atoms with Crippen molar-refractivity contribution in [1.29, 1.82) is 0 Å². The second-order valence-corrected chi connectivity index (χ2v) is 9.14. The van der Waals surface area contributed by atoms with Crippen LogP contribution in [0.3, 0.4) is 0 Å². The van der Waals surface area contributed by atoms with Gasteiger partial charge < -0.3 is 20.1 Å². The SMILES string of the molecule is COc1ccc(F)cc1C(C)(C)CC(O)(CNc1cc2ccncc2[nH]1)C1CCC1. The largest absolute Gasteiger partial charge is 0.496 e. The monoisotopic (exact) mass is 411 g/mol. The molecule has 2 aromatic heterocycles. The Morgan fingerprint density at radius 3 is 2.73 bits per heavy atom. The smallest absolute Gasteiger partial charge is 0.123 e. The molecular formula is C24H30FN3O2. The number of hydrogen-bond donors (Lipinski definition) is 3. The number of nitrogens with zero attached hydrogens (tertiary/aromatic N) is 1. The number of hydrogen-bond acceptors (Lipinski definition) is 4. The minimum Gasteiger partial charge on any atom is -0.496 e. The van der Waals surface area contributed by atoms with Crippen LogP contribution in [0.15, 0.2) is 42.7 Å². The number of halogens is 1. The Labute approximate surface area is 176 Å². The molecule has 1 unspecified atom stereocenters. The average molecular weight is 412 g/mol. The second-order valence-electron chi connectivity index (χ2n) is 9.14. The maximum absolute atomic E-state index is 14.0. The third-order valence-corrected chi connectivity index (χ3v) is 6.51. The van der Waals surface area contributed by atoms with Gasteiger partial charge in [-0.15, -0.1) is 0 Å². The van der Waals surface area contributed by atoms with E-state index in [4.69, 9.17) is 4.74 Å². The number of pyridine rings is 1. The minimum atomic E-state index is -0.922. The van der Waals surface area contributed by atoms with Crippen LogP contribution < -0.4 is 10.1 Å². The topological polar surface area (TPSA) is 70.2 Å². The van der Waals surface area contributed by atoms with E-state index in [1.807, 2.05) is 26.0 Å². The lowest BCUT2D eigenvalue weighted by molar-refractivity contribution is -0.0588. The van der Waals surface area contributed by atoms with Gasteiger partial charge in [0.05, 0.1) is 24.4 Å². The molecule has 160 valence electrons. The highest BCUT2D eigenvalue weighted by atomic mass is 19.1. The molecule has 0 saturated heterocycles. The van der Waals surface area contributed by atoms with E-state index in [0.717, 1.165) is 41.5 Å². The van der Waals surface area contributed by atoms with Gasteiger partial charge in [-0.05, 0) is 60.9 Å². The van der Waals surface area contributed by atoms with Crippen molar-refractivity contribution in [3.05, 3.63) is 54.1 Å². The molecule has 5 nitrogen and oxygen atoms in total. The Hall–Kier alpha value is -2.60. The van der Waals surface area contributed by atoms with Crippen molar-refractivity contribution in [3.63, 3.8) is 0 Å². The first-order valence-corrected chi connectivity index (χ1v) is 10.5. The number of anilines is 1. The predicted octanol–water partition coefficient (Wildman–Crippen LogP) is 5.02. The van der Waals surface area contributed by atoms with Gasteiger partial charge in [-0.25, -0.2) is 4.39 Å². The molecule has 30 heavy (non-hydrogen) atoms. The summed E-state index contributed by atoms with van der Waals surface area (Å²) in [7, 11) is 1.59. The van der Waals surface area contributed by atoms with Crippen molar-refractivity contribution < 1.29 is 14.2 Å².